The molecule has 0 bridgehead atoms. The van der Waals surface area contributed by atoms with Crippen LogP contribution >= 0.6 is 0 Å². The van der Waals surface area contributed by atoms with Gasteiger partial charge in [-0.15, -0.1) is 0 Å². The Labute approximate surface area is 148 Å². The van der Waals surface area contributed by atoms with Crippen molar-refractivity contribution in [2.24, 2.45) is 0 Å². The van der Waals surface area contributed by atoms with Crippen molar-refractivity contribution in [2.45, 2.75) is 39.5 Å². The van der Waals surface area contributed by atoms with Gasteiger partial charge in [0, 0.05) is 31.4 Å². The van der Waals surface area contributed by atoms with Gasteiger partial charge >= 0.3 is 0 Å². The number of aromatic nitrogens is 2. The zero-order chi connectivity index (χ0) is 17.8. The molecule has 2 atom stereocenters. The van der Waals surface area contributed by atoms with Crippen LogP contribution in [0.1, 0.15) is 25.0 Å². The van der Waals surface area contributed by atoms with Gasteiger partial charge in [-0.2, -0.15) is 5.10 Å². The number of morpholine rings is 1. The number of nitrogens with zero attached hydrogens (tertiary/aromatic N) is 3. The topological polar surface area (TPSA) is 59.4 Å². The number of nitrogens with one attached hydrogen (secondary N) is 1. The molecule has 3 rings (SSSR count). The molecule has 0 spiro atoms. The Morgan fingerprint density at radius 3 is 2.72 bits per heavy atom. The SMILES string of the molecule is Cc1ccccc1-n1cc(CNC(=O)CN2C[C@@H](C)O[C@@H](C)C2)cn1. The summed E-state index contributed by atoms with van der Waals surface area (Å²) in [6.45, 7) is 8.62. The number of hydrogen-bond donors (Lipinski definition) is 1. The number of ether oxygens (including phenoxy) is 1. The van der Waals surface area contributed by atoms with Crippen LogP contribution in [-0.2, 0) is 16.1 Å². The Hall–Kier alpha value is -2.18. The lowest BCUT2D eigenvalue weighted by molar-refractivity contribution is -0.126. The quantitative estimate of drug-likeness (QED) is 0.902. The highest BCUT2D eigenvalue weighted by molar-refractivity contribution is 5.78. The smallest absolute Gasteiger partial charge is 0.234 e. The van der Waals surface area contributed by atoms with Crippen molar-refractivity contribution in [3.8, 4) is 5.69 Å². The van der Waals surface area contributed by atoms with Crippen LogP contribution in [0.5, 0.6) is 0 Å². The molecule has 1 aromatic carbocycles. The molecule has 6 nitrogen and oxygen atoms in total. The molecule has 0 unspecified atom stereocenters. The molecule has 1 aliphatic rings. The molecule has 25 heavy (non-hydrogen) atoms. The first kappa shape index (κ1) is 17.6. The van der Waals surface area contributed by atoms with Crippen LogP contribution in [0.2, 0.25) is 0 Å². The van der Waals surface area contributed by atoms with E-state index in [1.807, 2.05) is 42.9 Å². The van der Waals surface area contributed by atoms with E-state index in [1.54, 1.807) is 6.20 Å². The van der Waals surface area contributed by atoms with Crippen LogP contribution < -0.4 is 5.32 Å². The molecular formula is C19H26N4O2. The number of amides is 1. The van der Waals surface area contributed by atoms with E-state index in [-0.39, 0.29) is 18.1 Å². The number of carbonyl (C=O) groups excluding carboxylic acids is 1. The Balaban J connectivity index is 1.52. The second kappa shape index (κ2) is 7.80. The maximum absolute atomic E-state index is 12.2. The summed E-state index contributed by atoms with van der Waals surface area (Å²) in [5.41, 5.74) is 3.20. The summed E-state index contributed by atoms with van der Waals surface area (Å²) in [4.78, 5) is 14.4. The van der Waals surface area contributed by atoms with Gasteiger partial charge < -0.3 is 10.1 Å². The predicted octanol–water partition coefficient (Wildman–Crippen LogP) is 1.91. The summed E-state index contributed by atoms with van der Waals surface area (Å²) in [7, 11) is 0. The Kier molecular flexibility index (Phi) is 5.50. The Bertz CT molecular complexity index is 718. The monoisotopic (exact) mass is 342 g/mol. The van der Waals surface area contributed by atoms with E-state index in [0.29, 0.717) is 13.1 Å². The van der Waals surface area contributed by atoms with Gasteiger partial charge in [-0.05, 0) is 32.4 Å². The van der Waals surface area contributed by atoms with Crippen molar-refractivity contribution in [1.29, 1.82) is 0 Å². The molecule has 1 N–H and O–H groups in total. The summed E-state index contributed by atoms with van der Waals surface area (Å²) in [5, 5.41) is 7.38. The molecule has 1 aliphatic heterocycles. The molecule has 134 valence electrons. The van der Waals surface area contributed by atoms with Crippen molar-refractivity contribution < 1.29 is 9.53 Å². The molecular weight excluding hydrogens is 316 g/mol. The van der Waals surface area contributed by atoms with E-state index >= 15 is 0 Å². The molecule has 0 saturated carbocycles. The van der Waals surface area contributed by atoms with E-state index in [0.717, 1.165) is 29.9 Å². The fourth-order valence-electron chi connectivity index (χ4n) is 3.28. The lowest BCUT2D eigenvalue weighted by Gasteiger charge is -2.34. The largest absolute Gasteiger partial charge is 0.373 e. The van der Waals surface area contributed by atoms with Gasteiger partial charge in [0.25, 0.3) is 0 Å². The fraction of sp³-hybridized carbons (Fsp3) is 0.474. The second-order valence-electron chi connectivity index (χ2n) is 6.81. The molecule has 6 heteroatoms. The normalized spacial score (nSPS) is 21.2. The maximum atomic E-state index is 12.2. The molecule has 1 saturated heterocycles. The minimum Gasteiger partial charge on any atom is -0.373 e. The van der Waals surface area contributed by atoms with Gasteiger partial charge in [0.15, 0.2) is 0 Å². The fourth-order valence-corrected chi connectivity index (χ4v) is 3.28. The van der Waals surface area contributed by atoms with E-state index in [4.69, 9.17) is 4.74 Å². The Morgan fingerprint density at radius 1 is 1.28 bits per heavy atom. The molecule has 1 aromatic heterocycles. The van der Waals surface area contributed by atoms with Gasteiger partial charge in [0.1, 0.15) is 0 Å². The molecule has 2 aromatic rings. The molecule has 0 aliphatic carbocycles. The summed E-state index contributed by atoms with van der Waals surface area (Å²) in [5.74, 6) is 0.0324. The van der Waals surface area contributed by atoms with Crippen molar-refractivity contribution in [3.63, 3.8) is 0 Å². The van der Waals surface area contributed by atoms with E-state index in [1.165, 1.54) is 0 Å². The minimum absolute atomic E-state index is 0.0324. The third kappa shape index (κ3) is 4.67. The van der Waals surface area contributed by atoms with Gasteiger partial charge in [0.2, 0.25) is 5.91 Å². The summed E-state index contributed by atoms with van der Waals surface area (Å²) >= 11 is 0. The lowest BCUT2D eigenvalue weighted by atomic mass is 10.2. The third-order valence-corrected chi connectivity index (χ3v) is 4.35. The van der Waals surface area contributed by atoms with E-state index in [9.17, 15) is 4.79 Å². The van der Waals surface area contributed by atoms with Crippen LogP contribution in [0.4, 0.5) is 0 Å². The first-order valence-corrected chi connectivity index (χ1v) is 8.75. The van der Waals surface area contributed by atoms with Crippen LogP contribution in [0.3, 0.4) is 0 Å². The number of para-hydroxylation sites is 1. The zero-order valence-electron chi connectivity index (χ0n) is 15.1. The van der Waals surface area contributed by atoms with E-state index in [2.05, 4.69) is 28.3 Å². The van der Waals surface area contributed by atoms with E-state index < -0.39 is 0 Å². The van der Waals surface area contributed by atoms with Crippen molar-refractivity contribution >= 4 is 5.91 Å². The number of benzene rings is 1. The Morgan fingerprint density at radius 2 is 2.00 bits per heavy atom. The summed E-state index contributed by atoms with van der Waals surface area (Å²) < 4.78 is 7.55. The number of hydrogen-bond acceptors (Lipinski definition) is 4. The zero-order valence-corrected chi connectivity index (χ0v) is 15.1. The average molecular weight is 342 g/mol. The first-order chi connectivity index (χ1) is 12.0. The standard InChI is InChI=1S/C19H26N4O2/c1-14-6-4-5-7-18(14)23-12-17(9-21-23)8-20-19(24)13-22-10-15(2)25-16(3)11-22/h4-7,9,12,15-16H,8,10-11,13H2,1-3H3,(H,20,24)/t15-,16+. The number of rotatable bonds is 5. The molecule has 1 amide bonds. The van der Waals surface area contributed by atoms with Gasteiger partial charge in [0.05, 0.1) is 30.6 Å². The predicted molar refractivity (Wildman–Crippen MR) is 96.6 cm³/mol. The highest BCUT2D eigenvalue weighted by Gasteiger charge is 2.23. The third-order valence-electron chi connectivity index (χ3n) is 4.35. The van der Waals surface area contributed by atoms with Gasteiger partial charge in [-0.1, -0.05) is 18.2 Å². The lowest BCUT2D eigenvalue weighted by Crippen LogP contribution is -2.49. The van der Waals surface area contributed by atoms with Crippen molar-refractivity contribution in [1.82, 2.24) is 20.0 Å². The molecule has 1 fully saturated rings. The maximum Gasteiger partial charge on any atom is 0.234 e. The minimum atomic E-state index is 0.0324. The van der Waals surface area contributed by atoms with Crippen molar-refractivity contribution in [3.05, 3.63) is 47.8 Å². The highest BCUT2D eigenvalue weighted by Crippen LogP contribution is 2.13. The van der Waals surface area contributed by atoms with Gasteiger partial charge in [-0.25, -0.2) is 4.68 Å². The van der Waals surface area contributed by atoms with Crippen LogP contribution in [0.25, 0.3) is 5.69 Å². The van der Waals surface area contributed by atoms with Crippen LogP contribution in [0.15, 0.2) is 36.7 Å². The summed E-state index contributed by atoms with van der Waals surface area (Å²) in [6.07, 6.45) is 4.10. The van der Waals surface area contributed by atoms with Crippen molar-refractivity contribution in [2.75, 3.05) is 19.6 Å². The molecule has 2 heterocycles. The first-order valence-electron chi connectivity index (χ1n) is 8.75. The number of aryl methyl sites for hydroxylation is 1. The van der Waals surface area contributed by atoms with Crippen LogP contribution in [0, 0.1) is 6.92 Å². The number of carbonyl (C=O) groups is 1. The average Bonchev–Trinajstić information content (AvgIpc) is 3.01. The second-order valence-corrected chi connectivity index (χ2v) is 6.81. The van der Waals surface area contributed by atoms with Crippen LogP contribution in [-0.4, -0.2) is 52.4 Å². The molecule has 0 radical (unpaired) electrons. The van der Waals surface area contributed by atoms with Gasteiger partial charge in [-0.3, -0.25) is 9.69 Å². The summed E-state index contributed by atoms with van der Waals surface area (Å²) in [6, 6.07) is 8.10. The highest BCUT2D eigenvalue weighted by atomic mass is 16.5.